The fraction of sp³-hybridized carbons (Fsp3) is 0.462. The van der Waals surface area contributed by atoms with Crippen molar-refractivity contribution in [1.82, 2.24) is 0 Å². The third kappa shape index (κ3) is 3.21. The fourth-order valence-corrected chi connectivity index (χ4v) is 2.16. The van der Waals surface area contributed by atoms with Gasteiger partial charge in [-0.15, -0.1) is 0 Å². The van der Waals surface area contributed by atoms with Gasteiger partial charge in [-0.05, 0) is 31.7 Å². The summed E-state index contributed by atoms with van der Waals surface area (Å²) in [6, 6.07) is 5.01. The summed E-state index contributed by atoms with van der Waals surface area (Å²) in [5, 5.41) is 20.1. The quantitative estimate of drug-likeness (QED) is 0.629. The lowest BCUT2D eigenvalue weighted by molar-refractivity contribution is -0.384. The number of aryl methyl sites for hydroxylation is 1. The average molecular weight is 264 g/mol. The molecule has 0 aliphatic heterocycles. The first-order valence-electron chi connectivity index (χ1n) is 6.19. The van der Waals surface area contributed by atoms with Crippen molar-refractivity contribution in [3.05, 3.63) is 33.9 Å². The molecule has 6 heteroatoms. The average Bonchev–Trinajstić information content (AvgIpc) is 3.10. The molecule has 1 fully saturated rings. The Morgan fingerprint density at radius 3 is 2.74 bits per heavy atom. The van der Waals surface area contributed by atoms with E-state index in [2.05, 4.69) is 0 Å². The number of carboxylic acids is 1. The van der Waals surface area contributed by atoms with Crippen LogP contribution in [0.5, 0.6) is 0 Å². The van der Waals surface area contributed by atoms with Crippen LogP contribution < -0.4 is 4.90 Å². The van der Waals surface area contributed by atoms with Gasteiger partial charge in [0.15, 0.2) is 0 Å². The number of carbonyl (C=O) groups is 1. The number of nitrogens with zero attached hydrogens (tertiary/aromatic N) is 2. The topological polar surface area (TPSA) is 83.7 Å². The van der Waals surface area contributed by atoms with Gasteiger partial charge in [0, 0.05) is 12.1 Å². The summed E-state index contributed by atoms with van der Waals surface area (Å²) in [4.78, 5) is 23.3. The van der Waals surface area contributed by atoms with Crippen molar-refractivity contribution in [2.45, 2.75) is 19.8 Å². The predicted molar refractivity (Wildman–Crippen MR) is 70.4 cm³/mol. The third-order valence-corrected chi connectivity index (χ3v) is 3.24. The van der Waals surface area contributed by atoms with Gasteiger partial charge in [-0.2, -0.15) is 0 Å². The van der Waals surface area contributed by atoms with Crippen LogP contribution in [0.2, 0.25) is 0 Å². The number of para-hydroxylation sites is 1. The van der Waals surface area contributed by atoms with E-state index in [9.17, 15) is 14.9 Å². The number of rotatable bonds is 6. The number of carboxylic acid groups (broad SMARTS) is 1. The molecule has 1 aromatic rings. The molecule has 6 nitrogen and oxygen atoms in total. The maximum Gasteiger partial charge on any atom is 0.323 e. The normalized spacial score (nSPS) is 14.2. The highest BCUT2D eigenvalue weighted by Crippen LogP contribution is 2.36. The summed E-state index contributed by atoms with van der Waals surface area (Å²) >= 11 is 0. The van der Waals surface area contributed by atoms with Crippen LogP contribution in [0.1, 0.15) is 18.4 Å². The van der Waals surface area contributed by atoms with E-state index in [0.717, 1.165) is 12.8 Å². The van der Waals surface area contributed by atoms with E-state index in [1.807, 2.05) is 0 Å². The SMILES string of the molecule is Cc1cccc(N(CC(=O)O)CC2CC2)c1[N+](=O)[O-]. The zero-order valence-electron chi connectivity index (χ0n) is 10.7. The van der Waals surface area contributed by atoms with E-state index >= 15 is 0 Å². The molecule has 2 rings (SSSR count). The minimum atomic E-state index is -0.976. The molecule has 102 valence electrons. The summed E-state index contributed by atoms with van der Waals surface area (Å²) in [5.74, 6) is -0.518. The van der Waals surface area contributed by atoms with Crippen molar-refractivity contribution in [3.8, 4) is 0 Å². The minimum Gasteiger partial charge on any atom is -0.480 e. The predicted octanol–water partition coefficient (Wildman–Crippen LogP) is 2.20. The standard InChI is InChI=1S/C13H16N2O4/c1-9-3-2-4-11(13(9)15(18)19)14(8-12(16)17)7-10-5-6-10/h2-4,10H,5-8H2,1H3,(H,16,17). The van der Waals surface area contributed by atoms with E-state index in [-0.39, 0.29) is 12.2 Å². The highest BCUT2D eigenvalue weighted by atomic mass is 16.6. The molecule has 0 aromatic heterocycles. The number of aliphatic carboxylic acids is 1. The van der Waals surface area contributed by atoms with Crippen LogP contribution in [-0.4, -0.2) is 29.1 Å². The molecule has 0 amide bonds. The Morgan fingerprint density at radius 2 is 2.21 bits per heavy atom. The number of hydrogen-bond donors (Lipinski definition) is 1. The lowest BCUT2D eigenvalue weighted by Crippen LogP contribution is -2.32. The highest BCUT2D eigenvalue weighted by molar-refractivity contribution is 5.77. The zero-order chi connectivity index (χ0) is 14.0. The smallest absolute Gasteiger partial charge is 0.323 e. The largest absolute Gasteiger partial charge is 0.480 e. The van der Waals surface area contributed by atoms with Gasteiger partial charge < -0.3 is 10.0 Å². The molecule has 19 heavy (non-hydrogen) atoms. The summed E-state index contributed by atoms with van der Waals surface area (Å²) in [6.45, 7) is 2.02. The van der Waals surface area contributed by atoms with E-state index in [0.29, 0.717) is 23.7 Å². The van der Waals surface area contributed by atoms with Crippen LogP contribution in [0.3, 0.4) is 0 Å². The Bertz CT molecular complexity index is 511. The minimum absolute atomic E-state index is 0.00407. The molecule has 1 aromatic carbocycles. The second-order valence-electron chi connectivity index (χ2n) is 4.92. The Morgan fingerprint density at radius 1 is 1.53 bits per heavy atom. The van der Waals surface area contributed by atoms with Crippen molar-refractivity contribution >= 4 is 17.3 Å². The molecule has 0 heterocycles. The van der Waals surface area contributed by atoms with Gasteiger partial charge >= 0.3 is 5.97 Å². The molecule has 0 spiro atoms. The van der Waals surface area contributed by atoms with Crippen molar-refractivity contribution in [2.75, 3.05) is 18.0 Å². The second kappa shape index (κ2) is 5.26. The van der Waals surface area contributed by atoms with E-state index in [1.54, 1.807) is 30.0 Å². The van der Waals surface area contributed by atoms with Gasteiger partial charge in [-0.3, -0.25) is 14.9 Å². The summed E-state index contributed by atoms with van der Waals surface area (Å²) in [6.07, 6.45) is 2.13. The number of hydrogen-bond acceptors (Lipinski definition) is 4. The first-order valence-corrected chi connectivity index (χ1v) is 6.19. The summed E-state index contributed by atoms with van der Waals surface area (Å²) in [7, 11) is 0. The highest BCUT2D eigenvalue weighted by Gasteiger charge is 2.29. The van der Waals surface area contributed by atoms with Gasteiger partial charge in [-0.25, -0.2) is 0 Å². The van der Waals surface area contributed by atoms with Gasteiger partial charge in [-0.1, -0.05) is 12.1 Å². The molecule has 0 saturated heterocycles. The second-order valence-corrected chi connectivity index (χ2v) is 4.92. The molecular formula is C13H16N2O4. The van der Waals surface area contributed by atoms with Gasteiger partial charge in [0.05, 0.1) is 4.92 Å². The molecule has 1 N–H and O–H groups in total. The Hall–Kier alpha value is -2.11. The fourth-order valence-electron chi connectivity index (χ4n) is 2.16. The lowest BCUT2D eigenvalue weighted by Gasteiger charge is -2.23. The molecule has 0 atom stereocenters. The number of nitro groups is 1. The first-order chi connectivity index (χ1) is 8.99. The molecule has 1 aliphatic rings. The summed E-state index contributed by atoms with van der Waals surface area (Å²) in [5.41, 5.74) is 0.956. The van der Waals surface area contributed by atoms with Crippen LogP contribution in [0, 0.1) is 23.0 Å². The number of nitro benzene ring substituents is 1. The number of anilines is 1. The maximum atomic E-state index is 11.2. The monoisotopic (exact) mass is 264 g/mol. The zero-order valence-corrected chi connectivity index (χ0v) is 10.7. The molecule has 0 radical (unpaired) electrons. The van der Waals surface area contributed by atoms with Crippen LogP contribution in [0.4, 0.5) is 11.4 Å². The van der Waals surface area contributed by atoms with Crippen LogP contribution >= 0.6 is 0 Å². The van der Waals surface area contributed by atoms with E-state index < -0.39 is 10.9 Å². The lowest BCUT2D eigenvalue weighted by atomic mass is 10.1. The summed E-state index contributed by atoms with van der Waals surface area (Å²) < 4.78 is 0. The van der Waals surface area contributed by atoms with Crippen LogP contribution in [-0.2, 0) is 4.79 Å². The Balaban J connectivity index is 2.36. The van der Waals surface area contributed by atoms with Crippen molar-refractivity contribution in [3.63, 3.8) is 0 Å². The molecule has 1 aliphatic carbocycles. The number of benzene rings is 1. The van der Waals surface area contributed by atoms with Crippen molar-refractivity contribution in [1.29, 1.82) is 0 Å². The van der Waals surface area contributed by atoms with Crippen molar-refractivity contribution in [2.24, 2.45) is 5.92 Å². The Labute approximate surface area is 110 Å². The third-order valence-electron chi connectivity index (χ3n) is 3.24. The van der Waals surface area contributed by atoms with Crippen molar-refractivity contribution < 1.29 is 14.8 Å². The molecule has 0 bridgehead atoms. The van der Waals surface area contributed by atoms with E-state index in [4.69, 9.17) is 5.11 Å². The van der Waals surface area contributed by atoms with Gasteiger partial charge in [0.2, 0.25) is 0 Å². The van der Waals surface area contributed by atoms with Gasteiger partial charge in [0.25, 0.3) is 5.69 Å². The Kier molecular flexibility index (Phi) is 3.69. The molecule has 0 unspecified atom stereocenters. The molecule has 1 saturated carbocycles. The first kappa shape index (κ1) is 13.3. The van der Waals surface area contributed by atoms with E-state index in [1.165, 1.54) is 0 Å². The van der Waals surface area contributed by atoms with Crippen LogP contribution in [0.15, 0.2) is 18.2 Å². The maximum absolute atomic E-state index is 11.2. The van der Waals surface area contributed by atoms with Crippen LogP contribution in [0.25, 0.3) is 0 Å². The molecular weight excluding hydrogens is 248 g/mol. The van der Waals surface area contributed by atoms with Gasteiger partial charge in [0.1, 0.15) is 12.2 Å².